The maximum Gasteiger partial charge on any atom is 0.125 e. The summed E-state index contributed by atoms with van der Waals surface area (Å²) in [6, 6.07) is 6.02. The molecule has 1 heterocycles. The molecule has 1 aromatic carbocycles. The monoisotopic (exact) mass is 278 g/mol. The van der Waals surface area contributed by atoms with Gasteiger partial charge in [-0.2, -0.15) is 0 Å². The van der Waals surface area contributed by atoms with Gasteiger partial charge >= 0.3 is 0 Å². The van der Waals surface area contributed by atoms with Gasteiger partial charge in [0, 0.05) is 24.8 Å². The fourth-order valence-electron chi connectivity index (χ4n) is 3.12. The van der Waals surface area contributed by atoms with Crippen LogP contribution < -0.4 is 10.2 Å². The fraction of sp³-hybridized carbons (Fsp3) is 0.647. The number of benzene rings is 1. The van der Waals surface area contributed by atoms with Gasteiger partial charge in [0.25, 0.3) is 0 Å². The van der Waals surface area contributed by atoms with Gasteiger partial charge in [-0.15, -0.1) is 0 Å². The van der Waals surface area contributed by atoms with E-state index in [0.29, 0.717) is 12.0 Å². The van der Waals surface area contributed by atoms with E-state index >= 15 is 0 Å². The Bertz CT molecular complexity index is 431. The first kappa shape index (κ1) is 15.3. The third kappa shape index (κ3) is 3.72. The van der Waals surface area contributed by atoms with Crippen molar-refractivity contribution in [2.24, 2.45) is 5.92 Å². The summed E-state index contributed by atoms with van der Waals surface area (Å²) in [5.41, 5.74) is 2.09. The summed E-state index contributed by atoms with van der Waals surface area (Å²) in [6.45, 7) is 9.43. The number of anilines is 1. The van der Waals surface area contributed by atoms with Gasteiger partial charge in [-0.1, -0.05) is 20.8 Å². The number of hydrogen-bond donors (Lipinski definition) is 1. The van der Waals surface area contributed by atoms with Crippen LogP contribution in [0.3, 0.4) is 0 Å². The lowest BCUT2D eigenvalue weighted by Gasteiger charge is -2.30. The van der Waals surface area contributed by atoms with Crippen molar-refractivity contribution in [2.75, 3.05) is 18.0 Å². The quantitative estimate of drug-likeness (QED) is 0.793. The summed E-state index contributed by atoms with van der Waals surface area (Å²) in [5.74, 6) is 0.493. The van der Waals surface area contributed by atoms with Crippen LogP contribution in [0.1, 0.15) is 45.6 Å². The fourth-order valence-corrected chi connectivity index (χ4v) is 3.12. The van der Waals surface area contributed by atoms with E-state index in [1.165, 1.54) is 12.8 Å². The Hall–Kier alpha value is -1.09. The van der Waals surface area contributed by atoms with Crippen molar-refractivity contribution in [3.63, 3.8) is 0 Å². The first-order chi connectivity index (χ1) is 9.61. The van der Waals surface area contributed by atoms with Crippen molar-refractivity contribution < 1.29 is 4.39 Å². The predicted octanol–water partition coefficient (Wildman–Crippen LogP) is 3.95. The van der Waals surface area contributed by atoms with Crippen molar-refractivity contribution >= 4 is 5.69 Å². The maximum atomic E-state index is 13.9. The Morgan fingerprint density at radius 3 is 2.85 bits per heavy atom. The Balaban J connectivity index is 2.14. The lowest BCUT2D eigenvalue weighted by atomic mass is 10.0. The normalized spacial score (nSPS) is 19.1. The molecule has 0 saturated carbocycles. The molecular weight excluding hydrogens is 251 g/mol. The van der Waals surface area contributed by atoms with Gasteiger partial charge in [0.05, 0.1) is 0 Å². The maximum absolute atomic E-state index is 13.9. The third-order valence-electron chi connectivity index (χ3n) is 4.10. The van der Waals surface area contributed by atoms with Gasteiger partial charge in [-0.25, -0.2) is 4.39 Å². The SMILES string of the molecule is CCCNCc1cc(F)cc(N2CCCC2C(C)C)c1. The summed E-state index contributed by atoms with van der Waals surface area (Å²) in [6.07, 6.45) is 3.53. The molecule has 0 aliphatic carbocycles. The van der Waals surface area contributed by atoms with E-state index in [0.717, 1.165) is 37.3 Å². The highest BCUT2D eigenvalue weighted by molar-refractivity contribution is 5.51. The molecule has 2 rings (SSSR count). The molecule has 1 saturated heterocycles. The Labute approximate surface area is 122 Å². The third-order valence-corrected chi connectivity index (χ3v) is 4.10. The molecule has 112 valence electrons. The van der Waals surface area contributed by atoms with Crippen LogP contribution in [0.25, 0.3) is 0 Å². The van der Waals surface area contributed by atoms with E-state index < -0.39 is 0 Å². The minimum atomic E-state index is -0.120. The van der Waals surface area contributed by atoms with Crippen LogP contribution >= 0.6 is 0 Å². The molecule has 1 aliphatic heterocycles. The van der Waals surface area contributed by atoms with Gasteiger partial charge in [-0.05, 0) is 55.5 Å². The van der Waals surface area contributed by atoms with Crippen molar-refractivity contribution in [1.29, 1.82) is 0 Å². The average Bonchev–Trinajstić information content (AvgIpc) is 2.87. The number of nitrogens with one attached hydrogen (secondary N) is 1. The molecule has 1 aromatic rings. The van der Waals surface area contributed by atoms with Crippen molar-refractivity contribution in [3.8, 4) is 0 Å². The van der Waals surface area contributed by atoms with E-state index in [1.807, 2.05) is 0 Å². The highest BCUT2D eigenvalue weighted by Crippen LogP contribution is 2.30. The van der Waals surface area contributed by atoms with Crippen LogP contribution in [-0.2, 0) is 6.54 Å². The number of rotatable bonds is 6. The topological polar surface area (TPSA) is 15.3 Å². The zero-order valence-electron chi connectivity index (χ0n) is 13.0. The standard InChI is InChI=1S/C17H27FN2/c1-4-7-19-12-14-9-15(18)11-16(10-14)20-8-5-6-17(20)13(2)3/h9-11,13,17,19H,4-8,12H2,1-3H3. The summed E-state index contributed by atoms with van der Waals surface area (Å²) < 4.78 is 13.9. The summed E-state index contributed by atoms with van der Waals surface area (Å²) in [4.78, 5) is 2.39. The van der Waals surface area contributed by atoms with Crippen LogP contribution in [-0.4, -0.2) is 19.1 Å². The molecule has 0 aromatic heterocycles. The lowest BCUT2D eigenvalue weighted by Crippen LogP contribution is -2.33. The Kier molecular flexibility index (Phi) is 5.41. The average molecular weight is 278 g/mol. The van der Waals surface area contributed by atoms with E-state index in [-0.39, 0.29) is 5.82 Å². The first-order valence-corrected chi connectivity index (χ1v) is 7.88. The Morgan fingerprint density at radius 1 is 1.35 bits per heavy atom. The molecule has 0 bridgehead atoms. The molecule has 20 heavy (non-hydrogen) atoms. The van der Waals surface area contributed by atoms with Crippen LogP contribution in [0, 0.1) is 11.7 Å². The molecule has 1 fully saturated rings. The predicted molar refractivity (Wildman–Crippen MR) is 83.6 cm³/mol. The van der Waals surface area contributed by atoms with E-state index in [4.69, 9.17) is 0 Å². The van der Waals surface area contributed by atoms with Gasteiger partial charge in [-0.3, -0.25) is 0 Å². The molecular formula is C17H27FN2. The van der Waals surface area contributed by atoms with E-state index in [2.05, 4.69) is 37.1 Å². The smallest absolute Gasteiger partial charge is 0.125 e. The zero-order valence-corrected chi connectivity index (χ0v) is 13.0. The lowest BCUT2D eigenvalue weighted by molar-refractivity contribution is 0.491. The van der Waals surface area contributed by atoms with Crippen LogP contribution in [0.5, 0.6) is 0 Å². The molecule has 0 radical (unpaired) electrons. The second-order valence-electron chi connectivity index (χ2n) is 6.14. The highest BCUT2D eigenvalue weighted by atomic mass is 19.1. The molecule has 3 heteroatoms. The largest absolute Gasteiger partial charge is 0.368 e. The van der Waals surface area contributed by atoms with Gasteiger partial charge in [0.15, 0.2) is 0 Å². The second kappa shape index (κ2) is 7.07. The summed E-state index contributed by atoms with van der Waals surface area (Å²) in [7, 11) is 0. The minimum absolute atomic E-state index is 0.120. The Morgan fingerprint density at radius 2 is 2.15 bits per heavy atom. The minimum Gasteiger partial charge on any atom is -0.368 e. The molecule has 1 atom stereocenters. The van der Waals surface area contributed by atoms with E-state index in [9.17, 15) is 4.39 Å². The van der Waals surface area contributed by atoms with Crippen LogP contribution in [0.4, 0.5) is 10.1 Å². The molecule has 1 unspecified atom stereocenters. The molecule has 1 aliphatic rings. The van der Waals surface area contributed by atoms with Crippen molar-refractivity contribution in [1.82, 2.24) is 5.32 Å². The van der Waals surface area contributed by atoms with Crippen LogP contribution in [0.15, 0.2) is 18.2 Å². The van der Waals surface area contributed by atoms with Crippen molar-refractivity contribution in [3.05, 3.63) is 29.6 Å². The number of halogens is 1. The summed E-state index contributed by atoms with van der Waals surface area (Å²) in [5, 5.41) is 3.35. The van der Waals surface area contributed by atoms with Crippen molar-refractivity contribution in [2.45, 2.75) is 52.6 Å². The van der Waals surface area contributed by atoms with Gasteiger partial charge < -0.3 is 10.2 Å². The molecule has 2 nitrogen and oxygen atoms in total. The van der Waals surface area contributed by atoms with E-state index in [1.54, 1.807) is 12.1 Å². The van der Waals surface area contributed by atoms with Gasteiger partial charge in [0.2, 0.25) is 0 Å². The molecule has 1 N–H and O–H groups in total. The molecule has 0 amide bonds. The first-order valence-electron chi connectivity index (χ1n) is 7.88. The summed E-state index contributed by atoms with van der Waals surface area (Å²) >= 11 is 0. The van der Waals surface area contributed by atoms with Gasteiger partial charge in [0.1, 0.15) is 5.82 Å². The molecule has 0 spiro atoms. The zero-order chi connectivity index (χ0) is 14.5. The number of hydrogen-bond acceptors (Lipinski definition) is 2. The highest BCUT2D eigenvalue weighted by Gasteiger charge is 2.27. The van der Waals surface area contributed by atoms with Crippen LogP contribution in [0.2, 0.25) is 0 Å². The second-order valence-corrected chi connectivity index (χ2v) is 6.14. The number of nitrogens with zero attached hydrogens (tertiary/aromatic N) is 1.